The van der Waals surface area contributed by atoms with Crippen molar-refractivity contribution in [2.75, 3.05) is 13.2 Å². The predicted molar refractivity (Wildman–Crippen MR) is 50.2 cm³/mol. The number of ether oxygens (including phenoxy) is 1. The second-order valence-electron chi connectivity index (χ2n) is 3.37. The standard InChI is InChI=1S/C9H14F2N2O3/c1-6(14)4-9-12-8(13-16-9)2-3-15-5-7(10)11/h6-7,14H,2-5H2,1H3. The molecule has 1 heterocycles. The van der Waals surface area contributed by atoms with Gasteiger partial charge < -0.3 is 14.4 Å². The third kappa shape index (κ3) is 5.13. The van der Waals surface area contributed by atoms with Gasteiger partial charge in [0.15, 0.2) is 5.82 Å². The van der Waals surface area contributed by atoms with Gasteiger partial charge in [-0.1, -0.05) is 5.16 Å². The van der Waals surface area contributed by atoms with Crippen molar-refractivity contribution in [1.82, 2.24) is 10.1 Å². The first-order chi connectivity index (χ1) is 7.58. The Labute approximate surface area is 91.4 Å². The minimum Gasteiger partial charge on any atom is -0.393 e. The van der Waals surface area contributed by atoms with Crippen molar-refractivity contribution < 1.29 is 23.1 Å². The predicted octanol–water partition coefficient (Wildman–Crippen LogP) is 0.817. The molecular weight excluding hydrogens is 222 g/mol. The Morgan fingerprint density at radius 3 is 2.88 bits per heavy atom. The average molecular weight is 236 g/mol. The van der Waals surface area contributed by atoms with Crippen molar-refractivity contribution in [1.29, 1.82) is 0 Å². The van der Waals surface area contributed by atoms with Crippen LogP contribution in [0.5, 0.6) is 0 Å². The van der Waals surface area contributed by atoms with Crippen LogP contribution in [0.15, 0.2) is 4.52 Å². The maximum absolute atomic E-state index is 11.7. The van der Waals surface area contributed by atoms with Gasteiger partial charge in [-0.05, 0) is 6.92 Å². The summed E-state index contributed by atoms with van der Waals surface area (Å²) in [5.41, 5.74) is 0. The Kier molecular flexibility index (Phi) is 5.27. The van der Waals surface area contributed by atoms with Gasteiger partial charge in [-0.25, -0.2) is 8.78 Å². The summed E-state index contributed by atoms with van der Waals surface area (Å²) in [4.78, 5) is 3.96. The van der Waals surface area contributed by atoms with Gasteiger partial charge in [0.05, 0.1) is 19.1 Å². The maximum atomic E-state index is 11.7. The zero-order valence-electron chi connectivity index (χ0n) is 8.90. The SMILES string of the molecule is CC(O)Cc1nc(CCOCC(F)F)no1. The molecule has 0 bridgehead atoms. The number of rotatable bonds is 7. The van der Waals surface area contributed by atoms with E-state index in [0.29, 0.717) is 18.1 Å². The van der Waals surface area contributed by atoms with E-state index in [2.05, 4.69) is 14.9 Å². The van der Waals surface area contributed by atoms with Crippen molar-refractivity contribution in [2.45, 2.75) is 32.3 Å². The summed E-state index contributed by atoms with van der Waals surface area (Å²) in [7, 11) is 0. The highest BCUT2D eigenvalue weighted by Gasteiger charge is 2.09. The van der Waals surface area contributed by atoms with Crippen molar-refractivity contribution in [3.05, 3.63) is 11.7 Å². The molecule has 1 atom stereocenters. The van der Waals surface area contributed by atoms with E-state index < -0.39 is 19.1 Å². The van der Waals surface area contributed by atoms with Crippen LogP contribution < -0.4 is 0 Å². The molecule has 0 amide bonds. The van der Waals surface area contributed by atoms with Crippen molar-refractivity contribution in [3.63, 3.8) is 0 Å². The van der Waals surface area contributed by atoms with E-state index in [9.17, 15) is 8.78 Å². The first-order valence-corrected chi connectivity index (χ1v) is 4.93. The van der Waals surface area contributed by atoms with Crippen LogP contribution in [0, 0.1) is 0 Å². The monoisotopic (exact) mass is 236 g/mol. The number of aliphatic hydroxyl groups excluding tert-OH is 1. The van der Waals surface area contributed by atoms with E-state index in [1.165, 1.54) is 0 Å². The molecule has 92 valence electrons. The van der Waals surface area contributed by atoms with Gasteiger partial charge in [-0.2, -0.15) is 4.98 Å². The molecule has 0 saturated heterocycles. The fourth-order valence-corrected chi connectivity index (χ4v) is 1.06. The zero-order valence-corrected chi connectivity index (χ0v) is 8.90. The Balaban J connectivity index is 2.24. The number of aromatic nitrogens is 2. The third-order valence-electron chi connectivity index (χ3n) is 1.69. The van der Waals surface area contributed by atoms with Gasteiger partial charge >= 0.3 is 0 Å². The number of alkyl halides is 2. The number of aliphatic hydroxyl groups is 1. The average Bonchev–Trinajstić information content (AvgIpc) is 2.59. The maximum Gasteiger partial charge on any atom is 0.261 e. The summed E-state index contributed by atoms with van der Waals surface area (Å²) in [5.74, 6) is 0.726. The first kappa shape index (κ1) is 13.0. The molecule has 1 unspecified atom stereocenters. The molecule has 0 aliphatic rings. The molecule has 16 heavy (non-hydrogen) atoms. The Bertz CT molecular complexity index is 305. The smallest absolute Gasteiger partial charge is 0.261 e. The summed E-state index contributed by atoms with van der Waals surface area (Å²) in [5, 5.41) is 12.7. The second kappa shape index (κ2) is 6.49. The molecule has 0 aliphatic carbocycles. The van der Waals surface area contributed by atoms with Crippen LogP contribution in [0.1, 0.15) is 18.6 Å². The van der Waals surface area contributed by atoms with Crippen molar-refractivity contribution in [3.8, 4) is 0 Å². The largest absolute Gasteiger partial charge is 0.393 e. The van der Waals surface area contributed by atoms with Crippen LogP contribution in [0.25, 0.3) is 0 Å². The van der Waals surface area contributed by atoms with E-state index >= 15 is 0 Å². The first-order valence-electron chi connectivity index (χ1n) is 4.93. The molecule has 1 rings (SSSR count). The van der Waals surface area contributed by atoms with E-state index in [0.717, 1.165) is 0 Å². The highest BCUT2D eigenvalue weighted by atomic mass is 19.3. The molecule has 5 nitrogen and oxygen atoms in total. The van der Waals surface area contributed by atoms with Crippen molar-refractivity contribution in [2.24, 2.45) is 0 Å². The highest BCUT2D eigenvalue weighted by Crippen LogP contribution is 2.02. The molecule has 1 N–H and O–H groups in total. The van der Waals surface area contributed by atoms with Crippen LogP contribution in [-0.4, -0.2) is 41.0 Å². The number of nitrogens with zero attached hydrogens (tertiary/aromatic N) is 2. The molecular formula is C9H14F2N2O3. The van der Waals surface area contributed by atoms with Crippen molar-refractivity contribution >= 4 is 0 Å². The highest BCUT2D eigenvalue weighted by molar-refractivity contribution is 4.87. The molecule has 1 aromatic rings. The quantitative estimate of drug-likeness (QED) is 0.710. The van der Waals surface area contributed by atoms with Gasteiger partial charge in [-0.3, -0.25) is 0 Å². The number of hydrogen-bond acceptors (Lipinski definition) is 5. The second-order valence-corrected chi connectivity index (χ2v) is 3.37. The van der Waals surface area contributed by atoms with Gasteiger partial charge in [0.1, 0.15) is 6.61 Å². The van der Waals surface area contributed by atoms with Crippen LogP contribution >= 0.6 is 0 Å². The van der Waals surface area contributed by atoms with Gasteiger partial charge in [0.25, 0.3) is 6.43 Å². The minimum atomic E-state index is -2.46. The molecule has 0 aromatic carbocycles. The van der Waals surface area contributed by atoms with Crippen LogP contribution in [0.3, 0.4) is 0 Å². The van der Waals surface area contributed by atoms with E-state index in [4.69, 9.17) is 9.63 Å². The lowest BCUT2D eigenvalue weighted by atomic mass is 10.3. The molecule has 0 aliphatic heterocycles. The van der Waals surface area contributed by atoms with Gasteiger partial charge in [0.2, 0.25) is 5.89 Å². The van der Waals surface area contributed by atoms with Gasteiger partial charge in [0, 0.05) is 6.42 Å². The Morgan fingerprint density at radius 2 is 2.25 bits per heavy atom. The molecule has 0 fully saturated rings. The zero-order chi connectivity index (χ0) is 12.0. The van der Waals surface area contributed by atoms with Crippen LogP contribution in [-0.2, 0) is 17.6 Å². The lowest BCUT2D eigenvalue weighted by Crippen LogP contribution is -2.08. The lowest BCUT2D eigenvalue weighted by molar-refractivity contribution is 0.0182. The normalized spacial score (nSPS) is 13.3. The summed E-state index contributed by atoms with van der Waals surface area (Å²) >= 11 is 0. The van der Waals surface area contributed by atoms with E-state index in [1.807, 2.05) is 0 Å². The summed E-state index contributed by atoms with van der Waals surface area (Å²) < 4.78 is 32.9. The number of hydrogen-bond donors (Lipinski definition) is 1. The van der Waals surface area contributed by atoms with Crippen LogP contribution in [0.2, 0.25) is 0 Å². The third-order valence-corrected chi connectivity index (χ3v) is 1.69. The summed E-state index contributed by atoms with van der Waals surface area (Å²) in [6.07, 6.45) is -2.42. The number of halogens is 2. The molecule has 0 spiro atoms. The minimum absolute atomic E-state index is 0.123. The summed E-state index contributed by atoms with van der Waals surface area (Å²) in [6.45, 7) is 1.14. The molecule has 0 radical (unpaired) electrons. The molecule has 1 aromatic heterocycles. The Hall–Kier alpha value is -1.08. The lowest BCUT2D eigenvalue weighted by Gasteiger charge is -1.99. The topological polar surface area (TPSA) is 68.4 Å². The summed E-state index contributed by atoms with van der Waals surface area (Å²) in [6, 6.07) is 0. The fraction of sp³-hybridized carbons (Fsp3) is 0.778. The van der Waals surface area contributed by atoms with E-state index in [-0.39, 0.29) is 13.0 Å². The van der Waals surface area contributed by atoms with Gasteiger partial charge in [-0.15, -0.1) is 0 Å². The Morgan fingerprint density at radius 1 is 1.50 bits per heavy atom. The van der Waals surface area contributed by atoms with Crippen LogP contribution in [0.4, 0.5) is 8.78 Å². The molecule has 7 heteroatoms. The molecule has 0 saturated carbocycles. The van der Waals surface area contributed by atoms with E-state index in [1.54, 1.807) is 6.92 Å². The fourth-order valence-electron chi connectivity index (χ4n) is 1.06.